The van der Waals surface area contributed by atoms with E-state index in [2.05, 4.69) is 20.2 Å². The van der Waals surface area contributed by atoms with Crippen LogP contribution in [0.15, 0.2) is 16.7 Å². The molecule has 0 spiro atoms. The summed E-state index contributed by atoms with van der Waals surface area (Å²) in [6.07, 6.45) is 1.61. The number of esters is 1. The number of nitrogens with one attached hydrogen (secondary N) is 1. The largest absolute Gasteiger partial charge is 0.461 e. The van der Waals surface area contributed by atoms with E-state index < -0.39 is 5.97 Å². The highest BCUT2D eigenvalue weighted by molar-refractivity contribution is 7.13. The van der Waals surface area contributed by atoms with E-state index in [9.17, 15) is 4.79 Å². The molecule has 0 aliphatic carbocycles. The van der Waals surface area contributed by atoms with Crippen molar-refractivity contribution in [3.63, 3.8) is 0 Å². The quantitative estimate of drug-likeness (QED) is 0.488. The first-order chi connectivity index (χ1) is 6.74. The van der Waals surface area contributed by atoms with Gasteiger partial charge in [-0.1, -0.05) is 11.6 Å². The smallest absolute Gasteiger partial charge is 0.370 e. The molecule has 1 rings (SSSR count). The molecule has 1 aromatic rings. The Morgan fingerprint density at radius 2 is 2.64 bits per heavy atom. The SMILES string of the molecule is CCOC(=O)C(Cl)=NNc1nccs1. The van der Waals surface area contributed by atoms with Crippen LogP contribution in [0.4, 0.5) is 5.13 Å². The Morgan fingerprint density at radius 1 is 1.86 bits per heavy atom. The fourth-order valence-electron chi connectivity index (χ4n) is 0.612. The summed E-state index contributed by atoms with van der Waals surface area (Å²) in [5.41, 5.74) is 2.53. The fourth-order valence-corrected chi connectivity index (χ4v) is 1.18. The molecule has 0 atom stereocenters. The molecule has 0 unspecified atom stereocenters. The van der Waals surface area contributed by atoms with Crippen LogP contribution in [-0.4, -0.2) is 22.7 Å². The summed E-state index contributed by atoms with van der Waals surface area (Å²) in [6.45, 7) is 1.96. The third kappa shape index (κ3) is 3.31. The lowest BCUT2D eigenvalue weighted by Crippen LogP contribution is -2.13. The van der Waals surface area contributed by atoms with Crippen molar-refractivity contribution in [1.82, 2.24) is 4.98 Å². The van der Waals surface area contributed by atoms with Crippen LogP contribution >= 0.6 is 22.9 Å². The van der Waals surface area contributed by atoms with Gasteiger partial charge in [0.1, 0.15) is 0 Å². The van der Waals surface area contributed by atoms with Crippen molar-refractivity contribution >= 4 is 39.2 Å². The minimum atomic E-state index is -0.654. The van der Waals surface area contributed by atoms with Crippen molar-refractivity contribution in [2.75, 3.05) is 12.0 Å². The molecule has 7 heteroatoms. The van der Waals surface area contributed by atoms with Gasteiger partial charge in [-0.05, 0) is 6.92 Å². The molecule has 0 fully saturated rings. The first-order valence-corrected chi connectivity index (χ1v) is 5.05. The second-order valence-corrected chi connectivity index (χ2v) is 3.32. The molecule has 0 aliphatic heterocycles. The van der Waals surface area contributed by atoms with Crippen molar-refractivity contribution in [2.45, 2.75) is 6.92 Å². The van der Waals surface area contributed by atoms with Gasteiger partial charge in [-0.15, -0.1) is 11.3 Å². The maximum absolute atomic E-state index is 11.0. The van der Waals surface area contributed by atoms with Crippen molar-refractivity contribution in [3.8, 4) is 0 Å². The summed E-state index contributed by atoms with van der Waals surface area (Å²) in [7, 11) is 0. The number of hydrogen-bond donors (Lipinski definition) is 1. The predicted octanol–water partition coefficient (Wildman–Crippen LogP) is 1.67. The Bertz CT molecular complexity index is 326. The molecule has 0 bridgehead atoms. The maximum Gasteiger partial charge on any atom is 0.370 e. The number of carbonyl (C=O) groups is 1. The van der Waals surface area contributed by atoms with Gasteiger partial charge in [0, 0.05) is 11.6 Å². The summed E-state index contributed by atoms with van der Waals surface area (Å²) < 4.78 is 4.61. The third-order valence-corrected chi connectivity index (χ3v) is 2.04. The topological polar surface area (TPSA) is 63.6 Å². The monoisotopic (exact) mass is 233 g/mol. The summed E-state index contributed by atoms with van der Waals surface area (Å²) >= 11 is 6.87. The number of aromatic nitrogens is 1. The van der Waals surface area contributed by atoms with Gasteiger partial charge >= 0.3 is 5.97 Å². The summed E-state index contributed by atoms with van der Waals surface area (Å²) in [6, 6.07) is 0. The van der Waals surface area contributed by atoms with Crippen molar-refractivity contribution < 1.29 is 9.53 Å². The van der Waals surface area contributed by atoms with Gasteiger partial charge in [0.2, 0.25) is 10.3 Å². The number of anilines is 1. The van der Waals surface area contributed by atoms with E-state index in [1.54, 1.807) is 18.5 Å². The van der Waals surface area contributed by atoms with E-state index in [4.69, 9.17) is 11.6 Å². The Kier molecular flexibility index (Phi) is 4.34. The molecule has 0 radical (unpaired) electrons. The zero-order valence-corrected chi connectivity index (χ0v) is 8.93. The van der Waals surface area contributed by atoms with Crippen LogP contribution in [0.25, 0.3) is 0 Å². The van der Waals surface area contributed by atoms with Crippen LogP contribution < -0.4 is 5.43 Å². The number of halogens is 1. The molecule has 0 aromatic carbocycles. The van der Waals surface area contributed by atoms with Gasteiger partial charge in [-0.25, -0.2) is 9.78 Å². The molecule has 0 saturated carbocycles. The van der Waals surface area contributed by atoms with Crippen LogP contribution in [0.3, 0.4) is 0 Å². The highest BCUT2D eigenvalue weighted by atomic mass is 35.5. The lowest BCUT2D eigenvalue weighted by Gasteiger charge is -1.98. The highest BCUT2D eigenvalue weighted by Crippen LogP contribution is 2.10. The number of rotatable bonds is 4. The normalized spacial score (nSPS) is 11.1. The predicted molar refractivity (Wildman–Crippen MR) is 55.7 cm³/mol. The molecular formula is C7H8ClN3O2S. The van der Waals surface area contributed by atoms with Crippen molar-refractivity contribution in [1.29, 1.82) is 0 Å². The molecule has 0 aliphatic rings. The molecular weight excluding hydrogens is 226 g/mol. The number of nitrogens with zero attached hydrogens (tertiary/aromatic N) is 2. The van der Waals surface area contributed by atoms with Crippen LogP contribution in [0.5, 0.6) is 0 Å². The first-order valence-electron chi connectivity index (χ1n) is 3.80. The molecule has 1 N–H and O–H groups in total. The average Bonchev–Trinajstić information content (AvgIpc) is 2.67. The standard InChI is InChI=1S/C7H8ClN3O2S/c1-2-13-6(12)5(8)10-11-7-9-3-4-14-7/h3-4H,2H2,1H3,(H,9,11). The summed E-state index contributed by atoms with van der Waals surface area (Å²) in [5.74, 6) is -0.654. The average molecular weight is 234 g/mol. The van der Waals surface area contributed by atoms with E-state index in [0.29, 0.717) is 5.13 Å². The van der Waals surface area contributed by atoms with E-state index >= 15 is 0 Å². The van der Waals surface area contributed by atoms with E-state index in [1.807, 2.05) is 0 Å². The molecule has 1 aromatic heterocycles. The van der Waals surface area contributed by atoms with Gasteiger partial charge in [-0.2, -0.15) is 5.10 Å². The zero-order chi connectivity index (χ0) is 10.4. The number of carbonyl (C=O) groups excluding carboxylic acids is 1. The Morgan fingerprint density at radius 3 is 3.21 bits per heavy atom. The molecule has 0 amide bonds. The minimum Gasteiger partial charge on any atom is -0.461 e. The first kappa shape index (κ1) is 10.9. The van der Waals surface area contributed by atoms with Gasteiger partial charge < -0.3 is 4.74 Å². The number of ether oxygens (including phenoxy) is 1. The van der Waals surface area contributed by atoms with Crippen LogP contribution in [0.1, 0.15) is 6.92 Å². The fraction of sp³-hybridized carbons (Fsp3) is 0.286. The second-order valence-electron chi connectivity index (χ2n) is 2.07. The van der Waals surface area contributed by atoms with Gasteiger partial charge in [0.15, 0.2) is 0 Å². The van der Waals surface area contributed by atoms with Crippen molar-refractivity contribution in [2.24, 2.45) is 5.10 Å². The Balaban J connectivity index is 2.48. The second kappa shape index (κ2) is 5.56. The van der Waals surface area contributed by atoms with Crippen LogP contribution in [-0.2, 0) is 9.53 Å². The molecule has 0 saturated heterocycles. The summed E-state index contributed by atoms with van der Waals surface area (Å²) in [4.78, 5) is 14.8. The van der Waals surface area contributed by atoms with Crippen LogP contribution in [0.2, 0.25) is 0 Å². The minimum absolute atomic E-state index is 0.248. The van der Waals surface area contributed by atoms with Gasteiger partial charge in [0.05, 0.1) is 6.61 Å². The van der Waals surface area contributed by atoms with E-state index in [0.717, 1.165) is 0 Å². The van der Waals surface area contributed by atoms with Crippen LogP contribution in [0, 0.1) is 0 Å². The number of hydrazone groups is 1. The van der Waals surface area contributed by atoms with E-state index in [-0.39, 0.29) is 11.8 Å². The van der Waals surface area contributed by atoms with E-state index in [1.165, 1.54) is 11.3 Å². The lowest BCUT2D eigenvalue weighted by atomic mass is 10.7. The van der Waals surface area contributed by atoms with Crippen molar-refractivity contribution in [3.05, 3.63) is 11.6 Å². The Labute approximate surface area is 89.7 Å². The maximum atomic E-state index is 11.0. The Hall–Kier alpha value is -1.14. The third-order valence-electron chi connectivity index (χ3n) is 1.13. The lowest BCUT2D eigenvalue weighted by molar-refractivity contribution is -0.134. The highest BCUT2D eigenvalue weighted by Gasteiger charge is 2.08. The molecule has 1 heterocycles. The van der Waals surface area contributed by atoms with Gasteiger partial charge in [-0.3, -0.25) is 5.43 Å². The zero-order valence-electron chi connectivity index (χ0n) is 7.36. The number of thiazole rings is 1. The summed E-state index contributed by atoms with van der Waals surface area (Å²) in [5, 5.41) is 5.68. The molecule has 76 valence electrons. The molecule has 5 nitrogen and oxygen atoms in total. The number of hydrogen-bond acceptors (Lipinski definition) is 6. The van der Waals surface area contributed by atoms with Gasteiger partial charge in [0.25, 0.3) is 0 Å². The molecule has 14 heavy (non-hydrogen) atoms.